The minimum absolute atomic E-state index is 0.0784. The first-order valence-electron chi connectivity index (χ1n) is 11.2. The monoisotopic (exact) mass is 480 g/mol. The Labute approximate surface area is 203 Å². The van der Waals surface area contributed by atoms with Crippen molar-refractivity contribution >= 4 is 39.8 Å². The van der Waals surface area contributed by atoms with Crippen LogP contribution in [0.4, 0.5) is 5.69 Å². The van der Waals surface area contributed by atoms with E-state index in [0.717, 1.165) is 22.2 Å². The van der Waals surface area contributed by atoms with Crippen LogP contribution in [0.15, 0.2) is 54.7 Å². The number of anilines is 1. The third kappa shape index (κ3) is 3.51. The van der Waals surface area contributed by atoms with Gasteiger partial charge >= 0.3 is 0 Å². The van der Waals surface area contributed by atoms with E-state index in [-0.39, 0.29) is 6.42 Å². The molecule has 1 aliphatic heterocycles. The SMILES string of the molecule is COc1ccc(N2C(=S)N(Cc3cn(C)c4ccccc34)[C@@H]3[C@@H](O)[C@H](O)C[C@@H](C(N)=O)[C@H]32)cc1. The second-order valence-electron chi connectivity index (χ2n) is 9.04. The van der Waals surface area contributed by atoms with Gasteiger partial charge in [-0.25, -0.2) is 0 Å². The highest BCUT2D eigenvalue weighted by Crippen LogP contribution is 2.42. The molecule has 0 unspecified atom stereocenters. The van der Waals surface area contributed by atoms with E-state index in [4.69, 9.17) is 22.7 Å². The highest BCUT2D eigenvalue weighted by atomic mass is 32.1. The smallest absolute Gasteiger partial charge is 0.222 e. The quantitative estimate of drug-likeness (QED) is 0.478. The Bertz CT molecular complexity index is 1240. The van der Waals surface area contributed by atoms with Crippen molar-refractivity contribution in [3.63, 3.8) is 0 Å². The first-order chi connectivity index (χ1) is 16.3. The Kier molecular flexibility index (Phi) is 5.71. The fourth-order valence-electron chi connectivity index (χ4n) is 5.52. The molecule has 5 rings (SSSR count). The average Bonchev–Trinajstić information content (AvgIpc) is 3.30. The van der Waals surface area contributed by atoms with Gasteiger partial charge in [-0.3, -0.25) is 4.79 Å². The molecule has 8 nitrogen and oxygen atoms in total. The Morgan fingerprint density at radius 2 is 1.85 bits per heavy atom. The lowest BCUT2D eigenvalue weighted by molar-refractivity contribution is -0.129. The van der Waals surface area contributed by atoms with Crippen molar-refractivity contribution in [2.75, 3.05) is 12.0 Å². The van der Waals surface area contributed by atoms with E-state index in [1.165, 1.54) is 0 Å². The van der Waals surface area contributed by atoms with E-state index >= 15 is 0 Å². The van der Waals surface area contributed by atoms with Gasteiger partial charge in [0.2, 0.25) is 5.91 Å². The molecule has 3 aromatic rings. The first-order valence-corrected chi connectivity index (χ1v) is 11.6. The molecule has 1 aliphatic carbocycles. The molecular weight excluding hydrogens is 452 g/mol. The lowest BCUT2D eigenvalue weighted by Crippen LogP contribution is -2.60. The number of thiocarbonyl (C=S) groups is 1. The molecule has 9 heteroatoms. The van der Waals surface area contributed by atoms with E-state index in [0.29, 0.717) is 17.4 Å². The molecule has 1 saturated carbocycles. The van der Waals surface area contributed by atoms with Crippen LogP contribution in [0.5, 0.6) is 5.75 Å². The zero-order valence-corrected chi connectivity index (χ0v) is 19.9. The number of nitrogens with zero attached hydrogens (tertiary/aromatic N) is 3. The largest absolute Gasteiger partial charge is 0.497 e. The van der Waals surface area contributed by atoms with Gasteiger partial charge in [-0.2, -0.15) is 0 Å². The molecule has 1 aromatic heterocycles. The number of carbonyl (C=O) groups excluding carboxylic acids is 1. The van der Waals surface area contributed by atoms with Gasteiger partial charge in [-0.1, -0.05) is 18.2 Å². The van der Waals surface area contributed by atoms with Crippen LogP contribution >= 0.6 is 12.2 Å². The summed E-state index contributed by atoms with van der Waals surface area (Å²) in [6.45, 7) is 0.420. The summed E-state index contributed by atoms with van der Waals surface area (Å²) in [4.78, 5) is 16.3. The topological polar surface area (TPSA) is 104 Å². The summed E-state index contributed by atoms with van der Waals surface area (Å²) in [5, 5.41) is 23.3. The van der Waals surface area contributed by atoms with Crippen molar-refractivity contribution in [1.29, 1.82) is 0 Å². The molecule has 2 aliphatic rings. The standard InChI is InChI=1S/C25H28N4O4S/c1-27-12-14(17-5-3-4-6-19(17)27)13-28-22-21(18(24(26)32)11-20(30)23(22)31)29(25(28)34)15-7-9-16(33-2)10-8-15/h3-10,12,18,20-23,30-31H,11,13H2,1-2H3,(H2,26,32)/t18-,20-,21-,22+,23+/m1/s1. The fourth-order valence-corrected chi connectivity index (χ4v) is 5.93. The number of carbonyl (C=O) groups is 1. The number of benzene rings is 2. The van der Waals surface area contributed by atoms with Gasteiger partial charge < -0.3 is 35.1 Å². The van der Waals surface area contributed by atoms with Crippen LogP contribution in [0, 0.1) is 5.92 Å². The molecule has 2 fully saturated rings. The minimum atomic E-state index is -1.09. The molecule has 2 aromatic carbocycles. The third-order valence-electron chi connectivity index (χ3n) is 7.15. The number of ether oxygens (including phenoxy) is 1. The van der Waals surface area contributed by atoms with Crippen molar-refractivity contribution in [3.8, 4) is 5.75 Å². The maximum absolute atomic E-state index is 12.5. The number of aromatic nitrogens is 1. The molecule has 178 valence electrons. The lowest BCUT2D eigenvalue weighted by Gasteiger charge is -2.42. The average molecular weight is 481 g/mol. The number of primary amides is 1. The van der Waals surface area contributed by atoms with Crippen LogP contribution < -0.4 is 15.4 Å². The van der Waals surface area contributed by atoms with Gasteiger partial charge in [0.25, 0.3) is 0 Å². The van der Waals surface area contributed by atoms with Crippen molar-refractivity contribution in [2.24, 2.45) is 18.7 Å². The number of hydrogen-bond acceptors (Lipinski definition) is 5. The van der Waals surface area contributed by atoms with Crippen LogP contribution in [0.1, 0.15) is 12.0 Å². The number of methoxy groups -OCH3 is 1. The van der Waals surface area contributed by atoms with Gasteiger partial charge in [-0.05, 0) is 54.5 Å². The van der Waals surface area contributed by atoms with Crippen molar-refractivity contribution in [2.45, 2.75) is 37.3 Å². The van der Waals surface area contributed by atoms with E-state index in [1.807, 2.05) is 53.2 Å². The van der Waals surface area contributed by atoms with Crippen LogP contribution in [-0.2, 0) is 18.4 Å². The van der Waals surface area contributed by atoms with Gasteiger partial charge in [0.15, 0.2) is 5.11 Å². The molecule has 4 N–H and O–H groups in total. The van der Waals surface area contributed by atoms with Crippen LogP contribution in [0.3, 0.4) is 0 Å². The van der Waals surface area contributed by atoms with Gasteiger partial charge in [0.05, 0.1) is 31.2 Å². The van der Waals surface area contributed by atoms with Crippen molar-refractivity contribution in [1.82, 2.24) is 9.47 Å². The Morgan fingerprint density at radius 3 is 2.53 bits per heavy atom. The number of fused-ring (bicyclic) bond motifs is 2. The Morgan fingerprint density at radius 1 is 1.15 bits per heavy atom. The summed E-state index contributed by atoms with van der Waals surface area (Å²) in [6.07, 6.45) is -0.0333. The van der Waals surface area contributed by atoms with E-state index in [9.17, 15) is 15.0 Å². The summed E-state index contributed by atoms with van der Waals surface area (Å²) in [5.74, 6) is -0.501. The Balaban J connectivity index is 1.60. The molecule has 1 amide bonds. The number of amides is 1. The molecule has 0 radical (unpaired) electrons. The van der Waals surface area contributed by atoms with Crippen molar-refractivity contribution < 1.29 is 19.7 Å². The van der Waals surface area contributed by atoms with E-state index in [2.05, 4.69) is 22.9 Å². The van der Waals surface area contributed by atoms with E-state index in [1.54, 1.807) is 7.11 Å². The number of hydrogen-bond donors (Lipinski definition) is 3. The lowest BCUT2D eigenvalue weighted by atomic mass is 9.76. The van der Waals surface area contributed by atoms with Crippen LogP contribution in [-0.4, -0.2) is 62.1 Å². The number of aryl methyl sites for hydroxylation is 1. The normalized spacial score (nSPS) is 26.7. The molecule has 5 atom stereocenters. The van der Waals surface area contributed by atoms with Gasteiger partial charge in [0.1, 0.15) is 11.9 Å². The second kappa shape index (κ2) is 8.57. The number of para-hydroxylation sites is 1. The second-order valence-corrected chi connectivity index (χ2v) is 9.41. The summed E-state index contributed by atoms with van der Waals surface area (Å²) >= 11 is 5.95. The zero-order valence-electron chi connectivity index (χ0n) is 19.0. The summed E-state index contributed by atoms with van der Waals surface area (Å²) in [5.41, 5.74) is 8.70. The molecule has 0 bridgehead atoms. The van der Waals surface area contributed by atoms with Gasteiger partial charge in [0, 0.05) is 36.4 Å². The van der Waals surface area contributed by atoms with Crippen LogP contribution in [0.25, 0.3) is 10.9 Å². The molecule has 34 heavy (non-hydrogen) atoms. The summed E-state index contributed by atoms with van der Waals surface area (Å²) in [6, 6.07) is 14.4. The Hall–Kier alpha value is -3.14. The molecule has 0 spiro atoms. The number of aliphatic hydroxyl groups excluding tert-OH is 2. The fraction of sp³-hybridized carbons (Fsp3) is 0.360. The molecule has 2 heterocycles. The van der Waals surface area contributed by atoms with Crippen LogP contribution in [0.2, 0.25) is 0 Å². The highest BCUT2D eigenvalue weighted by Gasteiger charge is 2.57. The molecular formula is C25H28N4O4S. The van der Waals surface area contributed by atoms with E-state index < -0.39 is 36.1 Å². The number of rotatable bonds is 5. The predicted molar refractivity (Wildman–Crippen MR) is 133 cm³/mol. The zero-order chi connectivity index (χ0) is 24.1. The molecule has 1 saturated heterocycles. The maximum Gasteiger partial charge on any atom is 0.222 e. The third-order valence-corrected chi connectivity index (χ3v) is 7.58. The summed E-state index contributed by atoms with van der Waals surface area (Å²) in [7, 11) is 3.59. The number of nitrogens with two attached hydrogens (primary N) is 1. The maximum atomic E-state index is 12.5. The van der Waals surface area contributed by atoms with Gasteiger partial charge in [-0.15, -0.1) is 0 Å². The minimum Gasteiger partial charge on any atom is -0.497 e. The highest BCUT2D eigenvalue weighted by molar-refractivity contribution is 7.80. The van der Waals surface area contributed by atoms with Crippen molar-refractivity contribution in [3.05, 3.63) is 60.3 Å². The summed E-state index contributed by atoms with van der Waals surface area (Å²) < 4.78 is 7.34. The predicted octanol–water partition coefficient (Wildman–Crippen LogP) is 1.76. The first kappa shape index (κ1) is 22.6. The number of aliphatic hydroxyl groups is 2.